The second-order valence-corrected chi connectivity index (χ2v) is 4.38. The fourth-order valence-corrected chi connectivity index (χ4v) is 1.74. The van der Waals surface area contributed by atoms with E-state index in [2.05, 4.69) is 14.7 Å². The largest absolute Gasteiger partial charge is 0.480 e. The molecule has 0 aliphatic heterocycles. The molecular formula is C14H14Cl2N2O3. The van der Waals surface area contributed by atoms with Gasteiger partial charge in [-0.15, -0.1) is 0 Å². The summed E-state index contributed by atoms with van der Waals surface area (Å²) in [6, 6.07) is 5.36. The lowest BCUT2D eigenvalue weighted by atomic mass is 10.1. The highest BCUT2D eigenvalue weighted by molar-refractivity contribution is 6.43. The number of methoxy groups -OCH3 is 1. The Hall–Kier alpha value is -1.85. The van der Waals surface area contributed by atoms with Gasteiger partial charge in [-0.05, 0) is 13.0 Å². The minimum atomic E-state index is 0.431. The van der Waals surface area contributed by atoms with Crippen LogP contribution < -0.4 is 4.74 Å². The summed E-state index contributed by atoms with van der Waals surface area (Å²) < 4.78 is 9.15. The molecule has 0 saturated heterocycles. The average molecular weight is 329 g/mol. The van der Waals surface area contributed by atoms with Gasteiger partial charge in [0.15, 0.2) is 0 Å². The van der Waals surface area contributed by atoms with Crippen LogP contribution in [-0.2, 0) is 9.53 Å². The molecule has 0 bridgehead atoms. The van der Waals surface area contributed by atoms with Crippen LogP contribution >= 0.6 is 23.2 Å². The van der Waals surface area contributed by atoms with Crippen molar-refractivity contribution < 1.29 is 14.3 Å². The Morgan fingerprint density at radius 3 is 2.62 bits per heavy atom. The minimum absolute atomic E-state index is 0.431. The fourth-order valence-electron chi connectivity index (χ4n) is 1.35. The smallest absolute Gasteiger partial charge is 0.293 e. The van der Waals surface area contributed by atoms with Gasteiger partial charge in [0.2, 0.25) is 5.88 Å². The number of carbonyl (C=O) groups excluding carboxylic acids is 1. The molecule has 0 atom stereocenters. The first-order valence-electron chi connectivity index (χ1n) is 5.99. The van der Waals surface area contributed by atoms with E-state index in [4.69, 9.17) is 27.9 Å². The first kappa shape index (κ1) is 17.2. The zero-order valence-electron chi connectivity index (χ0n) is 11.5. The van der Waals surface area contributed by atoms with E-state index >= 15 is 0 Å². The van der Waals surface area contributed by atoms with Gasteiger partial charge in [-0.2, -0.15) is 0 Å². The summed E-state index contributed by atoms with van der Waals surface area (Å²) in [5.74, 6) is 0.438. The highest BCUT2D eigenvalue weighted by Gasteiger charge is 2.09. The molecule has 7 heteroatoms. The van der Waals surface area contributed by atoms with Gasteiger partial charge in [0.1, 0.15) is 0 Å². The SMILES string of the molecule is CCOC=O.COc1cncc(-c2cccc(Cl)c2Cl)n1. The fraction of sp³-hybridized carbons (Fsp3) is 0.214. The van der Waals surface area contributed by atoms with Crippen LogP contribution in [0.2, 0.25) is 10.0 Å². The molecule has 1 aromatic heterocycles. The van der Waals surface area contributed by atoms with Crippen LogP contribution in [0, 0.1) is 0 Å². The van der Waals surface area contributed by atoms with Crippen LogP contribution in [0.15, 0.2) is 30.6 Å². The van der Waals surface area contributed by atoms with Gasteiger partial charge in [-0.25, -0.2) is 4.98 Å². The van der Waals surface area contributed by atoms with Crippen LogP contribution in [0.5, 0.6) is 5.88 Å². The molecule has 5 nitrogen and oxygen atoms in total. The predicted octanol–water partition coefficient (Wildman–Crippen LogP) is 3.64. The zero-order valence-corrected chi connectivity index (χ0v) is 13.1. The first-order chi connectivity index (χ1) is 10.1. The number of rotatable bonds is 4. The van der Waals surface area contributed by atoms with E-state index in [1.165, 1.54) is 13.3 Å². The van der Waals surface area contributed by atoms with Gasteiger partial charge in [0, 0.05) is 5.56 Å². The van der Waals surface area contributed by atoms with E-state index in [1.54, 1.807) is 19.2 Å². The third kappa shape index (κ3) is 5.21. The highest BCUT2D eigenvalue weighted by Crippen LogP contribution is 2.32. The van der Waals surface area contributed by atoms with Crippen LogP contribution in [0.1, 0.15) is 6.92 Å². The lowest BCUT2D eigenvalue weighted by Gasteiger charge is -2.05. The summed E-state index contributed by atoms with van der Waals surface area (Å²) >= 11 is 12.0. The summed E-state index contributed by atoms with van der Waals surface area (Å²) in [7, 11) is 1.54. The Morgan fingerprint density at radius 1 is 1.29 bits per heavy atom. The van der Waals surface area contributed by atoms with E-state index in [0.717, 1.165) is 5.56 Å². The van der Waals surface area contributed by atoms with Gasteiger partial charge in [0.25, 0.3) is 6.47 Å². The lowest BCUT2D eigenvalue weighted by molar-refractivity contribution is -0.128. The summed E-state index contributed by atoms with van der Waals surface area (Å²) in [6.07, 6.45) is 3.14. The molecule has 0 unspecified atom stereocenters. The minimum Gasteiger partial charge on any atom is -0.480 e. The predicted molar refractivity (Wildman–Crippen MR) is 81.7 cm³/mol. The number of carbonyl (C=O) groups is 1. The van der Waals surface area contributed by atoms with Crippen molar-refractivity contribution in [1.82, 2.24) is 9.97 Å². The number of halogens is 2. The number of hydrogen-bond acceptors (Lipinski definition) is 5. The Labute approximate surface area is 132 Å². The maximum absolute atomic E-state index is 9.18. The van der Waals surface area contributed by atoms with E-state index in [0.29, 0.717) is 34.7 Å². The third-order valence-corrected chi connectivity index (χ3v) is 3.10. The Balaban J connectivity index is 0.000000383. The Kier molecular flexibility index (Phi) is 7.50. The number of nitrogens with zero attached hydrogens (tertiary/aromatic N) is 2. The molecule has 2 rings (SSSR count). The molecule has 0 N–H and O–H groups in total. The van der Waals surface area contributed by atoms with E-state index < -0.39 is 0 Å². The van der Waals surface area contributed by atoms with Gasteiger partial charge in [-0.3, -0.25) is 9.78 Å². The molecule has 1 heterocycles. The summed E-state index contributed by atoms with van der Waals surface area (Å²) in [5, 5.41) is 0.954. The quantitative estimate of drug-likeness (QED) is 0.802. The Bertz CT molecular complexity index is 594. The molecule has 0 radical (unpaired) electrons. The summed E-state index contributed by atoms with van der Waals surface area (Å²) in [5.41, 5.74) is 1.37. The number of ether oxygens (including phenoxy) is 2. The maximum Gasteiger partial charge on any atom is 0.293 e. The topological polar surface area (TPSA) is 61.3 Å². The van der Waals surface area contributed by atoms with Crippen molar-refractivity contribution in [3.63, 3.8) is 0 Å². The van der Waals surface area contributed by atoms with Crippen molar-refractivity contribution in [3.8, 4) is 17.1 Å². The summed E-state index contributed by atoms with van der Waals surface area (Å²) in [6.45, 7) is 2.66. The van der Waals surface area contributed by atoms with Gasteiger partial charge in [-0.1, -0.05) is 35.3 Å². The number of benzene rings is 1. The normalized spacial score (nSPS) is 9.33. The monoisotopic (exact) mass is 328 g/mol. The Morgan fingerprint density at radius 2 is 2.05 bits per heavy atom. The van der Waals surface area contributed by atoms with Crippen molar-refractivity contribution in [3.05, 3.63) is 40.6 Å². The molecule has 0 saturated carbocycles. The molecular weight excluding hydrogens is 315 g/mol. The van der Waals surface area contributed by atoms with Gasteiger partial charge >= 0.3 is 0 Å². The molecule has 0 amide bonds. The molecule has 0 aliphatic rings. The van der Waals surface area contributed by atoms with Crippen molar-refractivity contribution in [2.24, 2.45) is 0 Å². The maximum atomic E-state index is 9.18. The van der Waals surface area contributed by atoms with Crippen molar-refractivity contribution >= 4 is 29.7 Å². The van der Waals surface area contributed by atoms with E-state index in [-0.39, 0.29) is 0 Å². The number of aromatic nitrogens is 2. The van der Waals surface area contributed by atoms with Gasteiger partial charge < -0.3 is 9.47 Å². The highest BCUT2D eigenvalue weighted by atomic mass is 35.5. The molecule has 112 valence electrons. The van der Waals surface area contributed by atoms with Gasteiger partial charge in [0.05, 0.1) is 41.8 Å². The molecule has 1 aromatic carbocycles. The van der Waals surface area contributed by atoms with E-state index in [1.807, 2.05) is 12.1 Å². The standard InChI is InChI=1S/C11H8Cl2N2O.C3H6O2/c1-16-10-6-14-5-9(15-10)7-3-2-4-8(12)11(7)13;1-2-5-3-4/h2-6H,1H3;3H,2H2,1H3. The van der Waals surface area contributed by atoms with Crippen LogP contribution in [0.3, 0.4) is 0 Å². The summed E-state index contributed by atoms with van der Waals surface area (Å²) in [4.78, 5) is 17.4. The second kappa shape index (κ2) is 9.15. The molecule has 21 heavy (non-hydrogen) atoms. The van der Waals surface area contributed by atoms with Crippen molar-refractivity contribution in [2.75, 3.05) is 13.7 Å². The van der Waals surface area contributed by atoms with Crippen LogP contribution in [0.25, 0.3) is 11.3 Å². The lowest BCUT2D eigenvalue weighted by Crippen LogP contribution is -1.92. The molecule has 0 spiro atoms. The van der Waals surface area contributed by atoms with E-state index in [9.17, 15) is 4.79 Å². The average Bonchev–Trinajstić information content (AvgIpc) is 2.51. The van der Waals surface area contributed by atoms with Crippen LogP contribution in [-0.4, -0.2) is 30.2 Å². The molecule has 2 aromatic rings. The van der Waals surface area contributed by atoms with Crippen molar-refractivity contribution in [2.45, 2.75) is 6.92 Å². The zero-order chi connectivity index (χ0) is 15.7. The first-order valence-corrected chi connectivity index (χ1v) is 6.75. The molecule has 0 aliphatic carbocycles. The number of hydrogen-bond donors (Lipinski definition) is 0. The molecule has 0 fully saturated rings. The van der Waals surface area contributed by atoms with Crippen LogP contribution in [0.4, 0.5) is 0 Å². The van der Waals surface area contributed by atoms with Crippen molar-refractivity contribution in [1.29, 1.82) is 0 Å². The second-order valence-electron chi connectivity index (χ2n) is 3.60. The third-order valence-electron chi connectivity index (χ3n) is 2.28.